The second kappa shape index (κ2) is 5.38. The van der Waals surface area contributed by atoms with Gasteiger partial charge in [0.25, 0.3) is 0 Å². The maximum atomic E-state index is 13.4. The minimum Gasteiger partial charge on any atom is -0.306 e. The minimum absolute atomic E-state index is 0.0295. The highest BCUT2D eigenvalue weighted by atomic mass is 32.1. The Hall–Kier alpha value is -1.26. The standard InChI is InChI=1S/C13H15FN2S/c1-3-16-13(12-7-15-8-17-12)10-4-9(2)5-11(14)6-10/h4-8,13,16H,3H2,1-2H3. The SMILES string of the molecule is CCNC(c1cc(C)cc(F)c1)c1cncs1. The lowest BCUT2D eigenvalue weighted by Crippen LogP contribution is -2.21. The molecule has 1 heterocycles. The minimum atomic E-state index is -0.188. The Bertz CT molecular complexity index is 462. The third-order valence-electron chi connectivity index (χ3n) is 2.54. The van der Waals surface area contributed by atoms with Crippen LogP contribution in [0.15, 0.2) is 29.9 Å². The van der Waals surface area contributed by atoms with E-state index in [-0.39, 0.29) is 11.9 Å². The third-order valence-corrected chi connectivity index (χ3v) is 3.38. The smallest absolute Gasteiger partial charge is 0.123 e. The quantitative estimate of drug-likeness (QED) is 0.900. The normalized spacial score (nSPS) is 12.6. The van der Waals surface area contributed by atoms with Crippen LogP contribution in [0, 0.1) is 12.7 Å². The Morgan fingerprint density at radius 3 is 2.82 bits per heavy atom. The van der Waals surface area contributed by atoms with Crippen LogP contribution in [0.25, 0.3) is 0 Å². The van der Waals surface area contributed by atoms with Crippen molar-refractivity contribution in [1.29, 1.82) is 0 Å². The van der Waals surface area contributed by atoms with Gasteiger partial charge in [0, 0.05) is 11.1 Å². The van der Waals surface area contributed by atoms with Crippen molar-refractivity contribution < 1.29 is 4.39 Å². The molecule has 4 heteroatoms. The second-order valence-corrected chi connectivity index (χ2v) is 4.87. The predicted molar refractivity (Wildman–Crippen MR) is 68.8 cm³/mol. The van der Waals surface area contributed by atoms with Crippen LogP contribution in [-0.2, 0) is 0 Å². The molecule has 0 spiro atoms. The lowest BCUT2D eigenvalue weighted by Gasteiger charge is -2.17. The van der Waals surface area contributed by atoms with E-state index in [0.717, 1.165) is 22.5 Å². The molecule has 90 valence electrons. The average molecular weight is 250 g/mol. The lowest BCUT2D eigenvalue weighted by atomic mass is 10.0. The highest BCUT2D eigenvalue weighted by Gasteiger charge is 2.15. The molecule has 2 rings (SSSR count). The number of halogens is 1. The topological polar surface area (TPSA) is 24.9 Å². The molecule has 2 nitrogen and oxygen atoms in total. The number of nitrogens with one attached hydrogen (secondary N) is 1. The fraction of sp³-hybridized carbons (Fsp3) is 0.308. The molecule has 0 aliphatic rings. The van der Waals surface area contributed by atoms with Crippen LogP contribution in [-0.4, -0.2) is 11.5 Å². The number of aryl methyl sites for hydroxylation is 1. The van der Waals surface area contributed by atoms with Gasteiger partial charge in [-0.2, -0.15) is 0 Å². The van der Waals surface area contributed by atoms with Gasteiger partial charge in [0.2, 0.25) is 0 Å². The summed E-state index contributed by atoms with van der Waals surface area (Å²) in [5.41, 5.74) is 3.69. The van der Waals surface area contributed by atoms with Gasteiger partial charge in [-0.05, 0) is 36.7 Å². The van der Waals surface area contributed by atoms with Gasteiger partial charge in [0.1, 0.15) is 5.82 Å². The summed E-state index contributed by atoms with van der Waals surface area (Å²) in [4.78, 5) is 5.19. The molecular weight excluding hydrogens is 235 g/mol. The molecule has 0 bridgehead atoms. The summed E-state index contributed by atoms with van der Waals surface area (Å²) in [5.74, 6) is -0.188. The molecule has 2 aromatic rings. The summed E-state index contributed by atoms with van der Waals surface area (Å²) in [6.07, 6.45) is 1.83. The lowest BCUT2D eigenvalue weighted by molar-refractivity contribution is 0.605. The van der Waals surface area contributed by atoms with Crippen molar-refractivity contribution in [2.24, 2.45) is 0 Å². The third kappa shape index (κ3) is 2.90. The zero-order chi connectivity index (χ0) is 12.3. The molecule has 0 aliphatic carbocycles. The summed E-state index contributed by atoms with van der Waals surface area (Å²) in [6.45, 7) is 4.78. The van der Waals surface area contributed by atoms with Crippen molar-refractivity contribution in [2.75, 3.05) is 6.54 Å². The van der Waals surface area contributed by atoms with Gasteiger partial charge in [0.05, 0.1) is 11.6 Å². The summed E-state index contributed by atoms with van der Waals surface area (Å²) in [7, 11) is 0. The van der Waals surface area contributed by atoms with Gasteiger partial charge in [-0.3, -0.25) is 4.98 Å². The van der Waals surface area contributed by atoms with E-state index in [2.05, 4.69) is 10.3 Å². The van der Waals surface area contributed by atoms with Crippen LogP contribution >= 0.6 is 11.3 Å². The van der Waals surface area contributed by atoms with Gasteiger partial charge >= 0.3 is 0 Å². The van der Waals surface area contributed by atoms with E-state index in [4.69, 9.17) is 0 Å². The first kappa shape index (κ1) is 12.2. The van der Waals surface area contributed by atoms with Crippen LogP contribution < -0.4 is 5.32 Å². The molecule has 17 heavy (non-hydrogen) atoms. The molecule has 1 aromatic carbocycles. The number of thiazole rings is 1. The van der Waals surface area contributed by atoms with Crippen molar-refractivity contribution in [3.05, 3.63) is 51.7 Å². The number of aromatic nitrogens is 1. The van der Waals surface area contributed by atoms with Gasteiger partial charge < -0.3 is 5.32 Å². The Balaban J connectivity index is 2.38. The van der Waals surface area contributed by atoms with Gasteiger partial charge in [0.15, 0.2) is 0 Å². The molecule has 1 aromatic heterocycles. The molecule has 0 saturated heterocycles. The van der Waals surface area contributed by atoms with E-state index in [1.54, 1.807) is 29.0 Å². The summed E-state index contributed by atoms with van der Waals surface area (Å²) in [6, 6.07) is 5.16. The van der Waals surface area contributed by atoms with E-state index in [0.29, 0.717) is 0 Å². The van der Waals surface area contributed by atoms with Crippen LogP contribution in [0.2, 0.25) is 0 Å². The van der Waals surface area contributed by atoms with E-state index in [9.17, 15) is 4.39 Å². The van der Waals surface area contributed by atoms with E-state index in [1.807, 2.05) is 26.1 Å². The molecule has 0 fully saturated rings. The van der Waals surface area contributed by atoms with E-state index < -0.39 is 0 Å². The number of rotatable bonds is 4. The second-order valence-electron chi connectivity index (χ2n) is 3.96. The number of hydrogen-bond donors (Lipinski definition) is 1. The number of hydrogen-bond acceptors (Lipinski definition) is 3. The molecular formula is C13H15FN2S. The predicted octanol–water partition coefficient (Wildman–Crippen LogP) is 3.29. The van der Waals surface area contributed by atoms with Crippen molar-refractivity contribution in [3.63, 3.8) is 0 Å². The first-order chi connectivity index (χ1) is 8.20. The van der Waals surface area contributed by atoms with Gasteiger partial charge in [-0.25, -0.2) is 4.39 Å². The fourth-order valence-electron chi connectivity index (χ4n) is 1.89. The fourth-order valence-corrected chi connectivity index (χ4v) is 2.61. The van der Waals surface area contributed by atoms with E-state index >= 15 is 0 Å². The summed E-state index contributed by atoms with van der Waals surface area (Å²) in [5, 5.41) is 3.36. The zero-order valence-electron chi connectivity index (χ0n) is 9.90. The van der Waals surface area contributed by atoms with Crippen molar-refractivity contribution >= 4 is 11.3 Å². The van der Waals surface area contributed by atoms with Crippen LogP contribution in [0.4, 0.5) is 4.39 Å². The maximum Gasteiger partial charge on any atom is 0.123 e. The Morgan fingerprint density at radius 1 is 1.41 bits per heavy atom. The Labute approximate surface area is 105 Å². The maximum absolute atomic E-state index is 13.4. The number of benzene rings is 1. The largest absolute Gasteiger partial charge is 0.306 e. The van der Waals surface area contributed by atoms with Crippen LogP contribution in [0.3, 0.4) is 0 Å². The average Bonchev–Trinajstić information content (AvgIpc) is 2.77. The number of nitrogens with zero attached hydrogens (tertiary/aromatic N) is 1. The monoisotopic (exact) mass is 250 g/mol. The first-order valence-electron chi connectivity index (χ1n) is 5.59. The molecule has 1 atom stereocenters. The highest BCUT2D eigenvalue weighted by Crippen LogP contribution is 2.26. The summed E-state index contributed by atoms with van der Waals surface area (Å²) < 4.78 is 13.4. The molecule has 1 unspecified atom stereocenters. The van der Waals surface area contributed by atoms with Crippen molar-refractivity contribution in [2.45, 2.75) is 19.9 Å². The van der Waals surface area contributed by atoms with E-state index in [1.165, 1.54) is 0 Å². The summed E-state index contributed by atoms with van der Waals surface area (Å²) >= 11 is 1.58. The molecule has 0 radical (unpaired) electrons. The highest BCUT2D eigenvalue weighted by molar-refractivity contribution is 7.09. The first-order valence-corrected chi connectivity index (χ1v) is 6.47. The van der Waals surface area contributed by atoms with Gasteiger partial charge in [-0.1, -0.05) is 13.0 Å². The van der Waals surface area contributed by atoms with Crippen LogP contribution in [0.1, 0.15) is 29.0 Å². The Kier molecular flexibility index (Phi) is 3.86. The molecule has 0 amide bonds. The van der Waals surface area contributed by atoms with Gasteiger partial charge in [-0.15, -0.1) is 11.3 Å². The van der Waals surface area contributed by atoms with Crippen molar-refractivity contribution in [3.8, 4) is 0 Å². The zero-order valence-corrected chi connectivity index (χ0v) is 10.7. The molecule has 0 saturated carbocycles. The molecule has 0 aliphatic heterocycles. The Morgan fingerprint density at radius 2 is 2.24 bits per heavy atom. The van der Waals surface area contributed by atoms with Crippen molar-refractivity contribution in [1.82, 2.24) is 10.3 Å². The molecule has 1 N–H and O–H groups in total. The van der Waals surface area contributed by atoms with Crippen LogP contribution in [0.5, 0.6) is 0 Å².